The predicted octanol–water partition coefficient (Wildman–Crippen LogP) is 2.24. The van der Waals surface area contributed by atoms with Crippen LogP contribution in [0.4, 0.5) is 5.69 Å². The maximum absolute atomic E-state index is 13.1. The summed E-state index contributed by atoms with van der Waals surface area (Å²) in [4.78, 5) is 52.7. The second-order valence-electron chi connectivity index (χ2n) is 9.34. The van der Waals surface area contributed by atoms with Crippen molar-refractivity contribution in [3.05, 3.63) is 18.2 Å². The molecule has 1 heterocycles. The van der Waals surface area contributed by atoms with E-state index in [0.29, 0.717) is 17.2 Å². The van der Waals surface area contributed by atoms with Gasteiger partial charge in [0.15, 0.2) is 6.61 Å². The minimum atomic E-state index is -1.04. The van der Waals surface area contributed by atoms with Gasteiger partial charge >= 0.3 is 5.97 Å². The summed E-state index contributed by atoms with van der Waals surface area (Å²) in [5, 5.41) is 2.63. The Morgan fingerprint density at radius 3 is 2.24 bits per heavy atom. The smallest absolute Gasteiger partial charge is 0.330 e. The molecule has 0 spiro atoms. The van der Waals surface area contributed by atoms with Crippen LogP contribution in [-0.2, 0) is 23.9 Å². The topological polar surface area (TPSA) is 111 Å². The number of carbonyl (C=O) groups excluding carboxylic acids is 4. The highest BCUT2D eigenvalue weighted by Gasteiger charge is 2.62. The molecule has 3 aliphatic rings. The van der Waals surface area contributed by atoms with Gasteiger partial charge in [-0.1, -0.05) is 13.8 Å². The monoisotopic (exact) mass is 458 g/mol. The molecule has 4 rings (SSSR count). The van der Waals surface area contributed by atoms with Crippen LogP contribution in [0.2, 0.25) is 0 Å². The molecule has 0 unspecified atom stereocenters. The van der Waals surface area contributed by atoms with Gasteiger partial charge in [0.05, 0.1) is 31.7 Å². The lowest BCUT2D eigenvalue weighted by molar-refractivity contribution is -0.162. The molecule has 3 fully saturated rings. The number of imide groups is 1. The van der Waals surface area contributed by atoms with Gasteiger partial charge in [0.2, 0.25) is 11.8 Å². The SMILES string of the molecule is COc1ccc(NC(=O)COC(=O)[C@H](C(C)C)N2C(=O)[C@@H]3[C@H]4CC[C@@H](C4)[C@H]3C2=O)c(OC)c1. The van der Waals surface area contributed by atoms with Crippen molar-refractivity contribution in [1.82, 2.24) is 4.90 Å². The third-order valence-electron chi connectivity index (χ3n) is 7.14. The highest BCUT2D eigenvalue weighted by Crippen LogP contribution is 2.56. The first-order chi connectivity index (χ1) is 15.8. The molecular weight excluding hydrogens is 428 g/mol. The van der Waals surface area contributed by atoms with E-state index >= 15 is 0 Å². The number of nitrogens with one attached hydrogen (secondary N) is 1. The summed E-state index contributed by atoms with van der Waals surface area (Å²) in [7, 11) is 2.98. The quantitative estimate of drug-likeness (QED) is 0.470. The van der Waals surface area contributed by atoms with E-state index in [-0.39, 0.29) is 41.4 Å². The van der Waals surface area contributed by atoms with Crippen LogP contribution in [0, 0.1) is 29.6 Å². The van der Waals surface area contributed by atoms with Gasteiger partial charge in [-0.25, -0.2) is 4.79 Å². The highest BCUT2D eigenvalue weighted by atomic mass is 16.5. The number of ether oxygens (including phenoxy) is 3. The zero-order valence-corrected chi connectivity index (χ0v) is 19.3. The zero-order valence-electron chi connectivity index (χ0n) is 19.3. The Bertz CT molecular complexity index is 948. The Labute approximate surface area is 192 Å². The summed E-state index contributed by atoms with van der Waals surface area (Å²) in [6, 6.07) is 3.85. The van der Waals surface area contributed by atoms with E-state index in [1.165, 1.54) is 14.2 Å². The molecule has 1 aromatic rings. The van der Waals surface area contributed by atoms with Crippen LogP contribution in [0.15, 0.2) is 18.2 Å². The Morgan fingerprint density at radius 1 is 1.06 bits per heavy atom. The lowest BCUT2D eigenvalue weighted by atomic mass is 9.81. The molecule has 5 atom stereocenters. The van der Waals surface area contributed by atoms with Gasteiger partial charge in [-0.05, 0) is 49.1 Å². The van der Waals surface area contributed by atoms with Crippen molar-refractivity contribution in [3.63, 3.8) is 0 Å². The van der Waals surface area contributed by atoms with Gasteiger partial charge in [-0.15, -0.1) is 0 Å². The fourth-order valence-electron chi connectivity index (χ4n) is 5.69. The number of anilines is 1. The van der Waals surface area contributed by atoms with Gasteiger partial charge in [0.25, 0.3) is 5.91 Å². The number of nitrogens with zero attached hydrogens (tertiary/aromatic N) is 1. The molecule has 1 saturated heterocycles. The first-order valence-electron chi connectivity index (χ1n) is 11.3. The van der Waals surface area contributed by atoms with E-state index < -0.39 is 24.5 Å². The van der Waals surface area contributed by atoms with Crippen molar-refractivity contribution in [3.8, 4) is 11.5 Å². The molecule has 178 valence electrons. The predicted molar refractivity (Wildman–Crippen MR) is 117 cm³/mol. The van der Waals surface area contributed by atoms with Crippen LogP contribution in [-0.4, -0.2) is 55.5 Å². The summed E-state index contributed by atoms with van der Waals surface area (Å²) in [6.07, 6.45) is 2.85. The maximum atomic E-state index is 13.1. The van der Waals surface area contributed by atoms with Crippen LogP contribution < -0.4 is 14.8 Å². The molecule has 33 heavy (non-hydrogen) atoms. The number of hydrogen-bond acceptors (Lipinski definition) is 7. The second kappa shape index (κ2) is 9.03. The summed E-state index contributed by atoms with van der Waals surface area (Å²) in [5.41, 5.74) is 0.396. The van der Waals surface area contributed by atoms with Crippen LogP contribution in [0.25, 0.3) is 0 Å². The van der Waals surface area contributed by atoms with E-state index in [0.717, 1.165) is 24.2 Å². The molecular formula is C24H30N2O7. The lowest BCUT2D eigenvalue weighted by Crippen LogP contribution is -2.50. The number of esters is 1. The van der Waals surface area contributed by atoms with E-state index in [2.05, 4.69) is 5.32 Å². The average molecular weight is 459 g/mol. The number of benzene rings is 1. The van der Waals surface area contributed by atoms with Gasteiger partial charge < -0.3 is 19.5 Å². The van der Waals surface area contributed by atoms with Gasteiger partial charge in [0.1, 0.15) is 17.5 Å². The Hall–Kier alpha value is -3.10. The number of likely N-dealkylation sites (tertiary alicyclic amines) is 1. The van der Waals surface area contributed by atoms with E-state index in [1.54, 1.807) is 32.0 Å². The fraction of sp³-hybridized carbons (Fsp3) is 0.583. The van der Waals surface area contributed by atoms with Crippen LogP contribution in [0.5, 0.6) is 11.5 Å². The maximum Gasteiger partial charge on any atom is 0.330 e. The fourth-order valence-corrected chi connectivity index (χ4v) is 5.69. The largest absolute Gasteiger partial charge is 0.497 e. The zero-order chi connectivity index (χ0) is 23.9. The van der Waals surface area contributed by atoms with Crippen molar-refractivity contribution in [1.29, 1.82) is 0 Å². The summed E-state index contributed by atoms with van der Waals surface area (Å²) >= 11 is 0. The molecule has 3 amide bonds. The van der Waals surface area contributed by atoms with Gasteiger partial charge in [-0.2, -0.15) is 0 Å². The Kier molecular flexibility index (Phi) is 6.32. The Balaban J connectivity index is 1.41. The number of methoxy groups -OCH3 is 2. The third kappa shape index (κ3) is 4.05. The molecule has 0 aromatic heterocycles. The molecule has 1 N–H and O–H groups in total. The van der Waals surface area contributed by atoms with Crippen molar-refractivity contribution >= 4 is 29.4 Å². The Morgan fingerprint density at radius 2 is 1.70 bits per heavy atom. The summed E-state index contributed by atoms with van der Waals surface area (Å²) in [5.74, 6) is -1.39. The first-order valence-corrected chi connectivity index (χ1v) is 11.3. The normalized spacial score (nSPS) is 26.4. The number of hydrogen-bond donors (Lipinski definition) is 1. The van der Waals surface area contributed by atoms with E-state index in [9.17, 15) is 19.2 Å². The number of carbonyl (C=O) groups is 4. The first kappa shape index (κ1) is 23.1. The number of fused-ring (bicyclic) bond motifs is 5. The molecule has 0 radical (unpaired) electrons. The molecule has 2 saturated carbocycles. The minimum Gasteiger partial charge on any atom is -0.497 e. The molecule has 9 heteroatoms. The van der Waals surface area contributed by atoms with Crippen LogP contribution in [0.3, 0.4) is 0 Å². The van der Waals surface area contributed by atoms with Crippen molar-refractivity contribution < 1.29 is 33.4 Å². The van der Waals surface area contributed by atoms with Crippen molar-refractivity contribution in [2.24, 2.45) is 29.6 Å². The van der Waals surface area contributed by atoms with Crippen LogP contribution >= 0.6 is 0 Å². The van der Waals surface area contributed by atoms with Gasteiger partial charge in [0, 0.05) is 6.07 Å². The lowest BCUT2D eigenvalue weighted by Gasteiger charge is -2.28. The molecule has 2 aliphatic carbocycles. The summed E-state index contributed by atoms with van der Waals surface area (Å²) in [6.45, 7) is 2.97. The molecule has 1 aliphatic heterocycles. The highest BCUT2D eigenvalue weighted by molar-refractivity contribution is 6.08. The minimum absolute atomic E-state index is 0.232. The molecule has 9 nitrogen and oxygen atoms in total. The molecule has 2 bridgehead atoms. The number of amides is 3. The standard InChI is InChI=1S/C24H30N2O7/c1-12(2)21(26-22(28)19-13-5-6-14(9-13)20(19)23(26)29)24(30)33-11-18(27)25-16-8-7-15(31-3)10-17(16)32-4/h7-8,10,12-14,19-21H,5-6,9,11H2,1-4H3,(H,25,27)/t13-,14-,19+,20+,21-/m0/s1. The van der Waals surface area contributed by atoms with E-state index in [1.807, 2.05) is 0 Å². The second-order valence-corrected chi connectivity index (χ2v) is 9.34. The van der Waals surface area contributed by atoms with Crippen molar-refractivity contribution in [2.75, 3.05) is 26.1 Å². The van der Waals surface area contributed by atoms with Crippen molar-refractivity contribution in [2.45, 2.75) is 39.2 Å². The molecule has 1 aromatic carbocycles. The van der Waals surface area contributed by atoms with Crippen LogP contribution in [0.1, 0.15) is 33.1 Å². The third-order valence-corrected chi connectivity index (χ3v) is 7.14. The average Bonchev–Trinajstić information content (AvgIpc) is 3.48. The number of rotatable bonds is 8. The summed E-state index contributed by atoms with van der Waals surface area (Å²) < 4.78 is 15.6. The van der Waals surface area contributed by atoms with Gasteiger partial charge in [-0.3, -0.25) is 19.3 Å². The van der Waals surface area contributed by atoms with E-state index in [4.69, 9.17) is 14.2 Å².